The van der Waals surface area contributed by atoms with E-state index in [1.165, 1.54) is 0 Å². The molecule has 1 saturated heterocycles. The SMILES string of the molecule is Br.Cc1nnnn1C1NCCS1. The first-order valence-electron chi connectivity index (χ1n) is 3.47. The highest BCUT2D eigenvalue weighted by Crippen LogP contribution is 2.23. The number of thioether (sulfide) groups is 1. The lowest BCUT2D eigenvalue weighted by molar-refractivity contribution is 0.505. The minimum atomic E-state index is 0. The van der Waals surface area contributed by atoms with Crippen molar-refractivity contribution >= 4 is 28.7 Å². The van der Waals surface area contributed by atoms with E-state index in [1.807, 2.05) is 18.7 Å². The van der Waals surface area contributed by atoms with Crippen LogP contribution in [0.5, 0.6) is 0 Å². The average Bonchev–Trinajstić information content (AvgIpc) is 2.55. The summed E-state index contributed by atoms with van der Waals surface area (Å²) in [6.07, 6.45) is 0. The van der Waals surface area contributed by atoms with Crippen molar-refractivity contribution in [3.8, 4) is 0 Å². The Labute approximate surface area is 85.1 Å². The first-order valence-corrected chi connectivity index (χ1v) is 4.52. The molecule has 0 radical (unpaired) electrons. The predicted molar refractivity (Wildman–Crippen MR) is 52.4 cm³/mol. The molecule has 7 heteroatoms. The Kier molecular flexibility index (Phi) is 3.48. The van der Waals surface area contributed by atoms with E-state index in [-0.39, 0.29) is 22.5 Å². The van der Waals surface area contributed by atoms with Crippen LogP contribution in [0, 0.1) is 6.92 Å². The molecular formula is C5H10BrN5S. The molecule has 1 aromatic rings. The highest BCUT2D eigenvalue weighted by molar-refractivity contribution is 8.93. The lowest BCUT2D eigenvalue weighted by Crippen LogP contribution is -2.20. The predicted octanol–water partition coefficient (Wildman–Crippen LogP) is 0.352. The molecule has 0 spiro atoms. The molecule has 68 valence electrons. The molecule has 1 aliphatic rings. The van der Waals surface area contributed by atoms with Crippen LogP contribution in [0.3, 0.4) is 0 Å². The van der Waals surface area contributed by atoms with E-state index < -0.39 is 0 Å². The van der Waals surface area contributed by atoms with Crippen LogP contribution in [0.2, 0.25) is 0 Å². The van der Waals surface area contributed by atoms with Crippen molar-refractivity contribution in [1.29, 1.82) is 0 Å². The highest BCUT2D eigenvalue weighted by Gasteiger charge is 2.18. The third-order valence-electron chi connectivity index (χ3n) is 1.58. The molecule has 0 bridgehead atoms. The second-order valence-electron chi connectivity index (χ2n) is 2.35. The van der Waals surface area contributed by atoms with E-state index in [1.54, 1.807) is 4.68 Å². The van der Waals surface area contributed by atoms with Gasteiger partial charge in [-0.3, -0.25) is 5.32 Å². The monoisotopic (exact) mass is 251 g/mol. The normalized spacial score (nSPS) is 22.2. The summed E-state index contributed by atoms with van der Waals surface area (Å²) in [5, 5.41) is 14.5. The maximum atomic E-state index is 3.87. The summed E-state index contributed by atoms with van der Waals surface area (Å²) in [6, 6.07) is 0. The number of nitrogens with zero attached hydrogens (tertiary/aromatic N) is 4. The topological polar surface area (TPSA) is 55.6 Å². The van der Waals surface area contributed by atoms with Gasteiger partial charge >= 0.3 is 0 Å². The molecule has 1 aromatic heterocycles. The molecule has 12 heavy (non-hydrogen) atoms. The highest BCUT2D eigenvalue weighted by atomic mass is 79.9. The molecule has 1 atom stereocenters. The van der Waals surface area contributed by atoms with Crippen LogP contribution in [-0.4, -0.2) is 32.5 Å². The van der Waals surface area contributed by atoms with Crippen LogP contribution in [-0.2, 0) is 0 Å². The van der Waals surface area contributed by atoms with Gasteiger partial charge in [0.2, 0.25) is 0 Å². The van der Waals surface area contributed by atoms with Crippen LogP contribution < -0.4 is 5.32 Å². The minimum absolute atomic E-state index is 0. The van der Waals surface area contributed by atoms with E-state index in [4.69, 9.17) is 0 Å². The Balaban J connectivity index is 0.000000720. The Morgan fingerprint density at radius 3 is 3.00 bits per heavy atom. The lowest BCUT2D eigenvalue weighted by Gasteiger charge is -2.08. The van der Waals surface area contributed by atoms with Gasteiger partial charge in [-0.2, -0.15) is 0 Å². The number of tetrazole rings is 1. The van der Waals surface area contributed by atoms with Gasteiger partial charge in [0.25, 0.3) is 0 Å². The summed E-state index contributed by atoms with van der Waals surface area (Å²) >= 11 is 1.82. The van der Waals surface area contributed by atoms with Crippen molar-refractivity contribution in [2.24, 2.45) is 0 Å². The van der Waals surface area contributed by atoms with Crippen molar-refractivity contribution in [3.63, 3.8) is 0 Å². The fourth-order valence-electron chi connectivity index (χ4n) is 1.02. The van der Waals surface area contributed by atoms with Gasteiger partial charge in [0.05, 0.1) is 0 Å². The lowest BCUT2D eigenvalue weighted by atomic mass is 10.7. The van der Waals surface area contributed by atoms with Gasteiger partial charge in [-0.1, -0.05) is 0 Å². The number of hydrogen-bond donors (Lipinski definition) is 1. The molecule has 2 rings (SSSR count). The number of aromatic nitrogens is 4. The molecule has 0 saturated carbocycles. The maximum Gasteiger partial charge on any atom is 0.152 e. The number of halogens is 1. The number of nitrogens with one attached hydrogen (secondary N) is 1. The van der Waals surface area contributed by atoms with Crippen LogP contribution in [0.15, 0.2) is 0 Å². The molecule has 0 aromatic carbocycles. The van der Waals surface area contributed by atoms with Gasteiger partial charge in [0.15, 0.2) is 11.3 Å². The van der Waals surface area contributed by atoms with E-state index in [2.05, 4.69) is 20.8 Å². The molecular weight excluding hydrogens is 242 g/mol. The van der Waals surface area contributed by atoms with Crippen LogP contribution in [0.25, 0.3) is 0 Å². The Morgan fingerprint density at radius 1 is 1.67 bits per heavy atom. The summed E-state index contributed by atoms with van der Waals surface area (Å²) in [4.78, 5) is 0. The second-order valence-corrected chi connectivity index (χ2v) is 3.54. The zero-order valence-electron chi connectivity index (χ0n) is 6.60. The molecule has 1 unspecified atom stereocenters. The standard InChI is InChI=1S/C5H9N5S.BrH/c1-4-7-8-9-10(4)5-6-2-3-11-5;/h5-6H,2-3H2,1H3;1H. The van der Waals surface area contributed by atoms with Crippen LogP contribution in [0.4, 0.5) is 0 Å². The Bertz CT molecular complexity index is 246. The molecule has 1 aliphatic heterocycles. The first-order chi connectivity index (χ1) is 5.38. The van der Waals surface area contributed by atoms with Crippen molar-refractivity contribution in [1.82, 2.24) is 25.5 Å². The summed E-state index contributed by atoms with van der Waals surface area (Å²) < 4.78 is 1.80. The van der Waals surface area contributed by atoms with Crippen molar-refractivity contribution in [3.05, 3.63) is 5.82 Å². The van der Waals surface area contributed by atoms with E-state index in [0.717, 1.165) is 18.1 Å². The third kappa shape index (κ3) is 1.78. The van der Waals surface area contributed by atoms with Gasteiger partial charge in [-0.05, 0) is 17.4 Å². The Hall–Kier alpha value is -0.140. The average molecular weight is 252 g/mol. The van der Waals surface area contributed by atoms with Crippen LogP contribution in [0.1, 0.15) is 11.3 Å². The van der Waals surface area contributed by atoms with Gasteiger partial charge in [-0.25, -0.2) is 4.68 Å². The van der Waals surface area contributed by atoms with E-state index in [0.29, 0.717) is 0 Å². The van der Waals surface area contributed by atoms with E-state index in [9.17, 15) is 0 Å². The number of rotatable bonds is 1. The van der Waals surface area contributed by atoms with Crippen molar-refractivity contribution in [2.45, 2.75) is 12.4 Å². The zero-order valence-corrected chi connectivity index (χ0v) is 9.13. The Morgan fingerprint density at radius 2 is 2.50 bits per heavy atom. The summed E-state index contributed by atoms with van der Waals surface area (Å²) in [5.41, 5.74) is 0.241. The van der Waals surface area contributed by atoms with Crippen LogP contribution >= 0.6 is 28.7 Å². The van der Waals surface area contributed by atoms with Crippen molar-refractivity contribution in [2.75, 3.05) is 12.3 Å². The smallest absolute Gasteiger partial charge is 0.152 e. The zero-order chi connectivity index (χ0) is 7.68. The van der Waals surface area contributed by atoms with E-state index >= 15 is 0 Å². The quantitative estimate of drug-likeness (QED) is 0.781. The third-order valence-corrected chi connectivity index (χ3v) is 2.70. The largest absolute Gasteiger partial charge is 0.286 e. The van der Waals surface area contributed by atoms with Gasteiger partial charge in [0, 0.05) is 12.3 Å². The summed E-state index contributed by atoms with van der Waals surface area (Å²) in [7, 11) is 0. The minimum Gasteiger partial charge on any atom is -0.286 e. The molecule has 1 N–H and O–H groups in total. The summed E-state index contributed by atoms with van der Waals surface area (Å²) in [6.45, 7) is 2.94. The molecule has 5 nitrogen and oxygen atoms in total. The second kappa shape index (κ2) is 4.20. The molecule has 2 heterocycles. The fraction of sp³-hybridized carbons (Fsp3) is 0.800. The molecule has 0 amide bonds. The first kappa shape index (κ1) is 9.94. The molecule has 0 aliphatic carbocycles. The maximum absolute atomic E-state index is 3.87. The van der Waals surface area contributed by atoms with Gasteiger partial charge in [0.1, 0.15) is 0 Å². The van der Waals surface area contributed by atoms with Crippen molar-refractivity contribution < 1.29 is 0 Å². The van der Waals surface area contributed by atoms with Gasteiger partial charge < -0.3 is 0 Å². The number of hydrogen-bond acceptors (Lipinski definition) is 5. The fourth-order valence-corrected chi connectivity index (χ4v) is 2.05. The molecule has 1 fully saturated rings. The summed E-state index contributed by atoms with van der Waals surface area (Å²) in [5.74, 6) is 1.99. The van der Waals surface area contributed by atoms with Gasteiger partial charge in [-0.15, -0.1) is 33.8 Å². The number of aryl methyl sites for hydroxylation is 1.